The lowest BCUT2D eigenvalue weighted by molar-refractivity contribution is -0.0487. The number of aromatic hydroxyl groups is 2. The lowest BCUT2D eigenvalue weighted by atomic mass is 9.77. The molecule has 298 valence electrons. The Morgan fingerprint density at radius 3 is 2.32 bits per heavy atom. The zero-order valence-corrected chi connectivity index (χ0v) is 30.9. The van der Waals surface area contributed by atoms with Gasteiger partial charge < -0.3 is 50.6 Å². The van der Waals surface area contributed by atoms with Crippen molar-refractivity contribution in [2.45, 2.75) is 55.8 Å². The highest BCUT2D eigenvalue weighted by molar-refractivity contribution is 7.50. The molecule has 0 saturated carbocycles. The van der Waals surface area contributed by atoms with E-state index in [1.54, 1.807) is 24.3 Å². The Kier molecular flexibility index (Phi) is 10.1. The molecule has 0 aliphatic carbocycles. The molecule has 1 amide bonds. The molecule has 8 rings (SSSR count). The average Bonchev–Trinajstić information content (AvgIpc) is 3.83. The first-order valence-electron chi connectivity index (χ1n) is 18.0. The summed E-state index contributed by atoms with van der Waals surface area (Å²) >= 11 is 0. The van der Waals surface area contributed by atoms with Gasteiger partial charge in [0.15, 0.2) is 23.3 Å². The number of hydrogen-bond acceptors (Lipinski definition) is 15. The summed E-state index contributed by atoms with van der Waals surface area (Å²) in [7, 11) is -4.28. The Hall–Kier alpha value is -5.66. The van der Waals surface area contributed by atoms with E-state index in [9.17, 15) is 39.5 Å². The normalized spacial score (nSPS) is 21.4. The monoisotopic (exact) mass is 803 g/mol. The predicted octanol–water partition coefficient (Wildman–Crippen LogP) is 2.70. The smallest absolute Gasteiger partial charge is 0.403 e. The summed E-state index contributed by atoms with van der Waals surface area (Å²) in [5.41, 5.74) is 6.84. The number of nitrogens with two attached hydrogens (primary N) is 1. The fourth-order valence-corrected chi connectivity index (χ4v) is 8.23. The summed E-state index contributed by atoms with van der Waals surface area (Å²) in [6.45, 7) is 0.00674. The second-order valence-electron chi connectivity index (χ2n) is 13.8. The molecular formula is C37H38N7O12P. The fraction of sp³-hybridized carbons (Fsp3) is 0.324. The van der Waals surface area contributed by atoms with Gasteiger partial charge in [-0.3, -0.25) is 13.9 Å². The molecule has 9 N–H and O–H groups in total. The van der Waals surface area contributed by atoms with Crippen LogP contribution in [0.2, 0.25) is 0 Å². The third-order valence-corrected chi connectivity index (χ3v) is 11.3. The highest BCUT2D eigenvalue weighted by Crippen LogP contribution is 2.57. The number of aliphatic hydroxyl groups is 2. The summed E-state index contributed by atoms with van der Waals surface area (Å²) in [5.74, 6) is -0.522. The van der Waals surface area contributed by atoms with Gasteiger partial charge in [0.1, 0.15) is 53.2 Å². The number of unbranched alkanes of at least 4 members (excludes halogenated alkanes) is 3. The molecule has 3 aliphatic heterocycles. The number of carbonyl (C=O) groups excluding carboxylic acids is 2. The van der Waals surface area contributed by atoms with Crippen LogP contribution in [0.5, 0.6) is 23.0 Å². The topological polar surface area (TPSA) is 283 Å². The van der Waals surface area contributed by atoms with E-state index >= 15 is 0 Å². The first-order chi connectivity index (χ1) is 27.4. The maximum absolute atomic E-state index is 13.4. The summed E-state index contributed by atoms with van der Waals surface area (Å²) in [5, 5.41) is 46.7. The number of anilines is 1. The Morgan fingerprint density at radius 1 is 0.912 bits per heavy atom. The van der Waals surface area contributed by atoms with Crippen LogP contribution in [0.3, 0.4) is 0 Å². The van der Waals surface area contributed by atoms with E-state index in [2.05, 4.69) is 25.4 Å². The van der Waals surface area contributed by atoms with Crippen LogP contribution in [0.4, 0.5) is 5.82 Å². The maximum Gasteiger partial charge on any atom is 0.403 e. The van der Waals surface area contributed by atoms with E-state index in [1.165, 1.54) is 47.6 Å². The highest BCUT2D eigenvalue weighted by atomic mass is 31.2. The van der Waals surface area contributed by atoms with Crippen molar-refractivity contribution in [1.82, 2.24) is 29.9 Å². The molecule has 1 unspecified atom stereocenters. The number of nitrogen functional groups attached to an aromatic ring is 1. The van der Waals surface area contributed by atoms with Crippen LogP contribution in [0.15, 0.2) is 67.3 Å². The third-order valence-electron chi connectivity index (χ3n) is 10.1. The number of rotatable bonds is 13. The second-order valence-corrected chi connectivity index (χ2v) is 15.4. The molecule has 5 aromatic rings. The first kappa shape index (κ1) is 38.2. The van der Waals surface area contributed by atoms with Crippen molar-refractivity contribution in [3.05, 3.63) is 95.1 Å². The van der Waals surface area contributed by atoms with Gasteiger partial charge in [0.05, 0.1) is 18.5 Å². The number of ether oxygens (including phenoxy) is 3. The van der Waals surface area contributed by atoms with E-state index in [0.717, 1.165) is 0 Å². The summed E-state index contributed by atoms with van der Waals surface area (Å²) in [4.78, 5) is 48.8. The van der Waals surface area contributed by atoms with Crippen molar-refractivity contribution in [3.8, 4) is 23.0 Å². The Balaban J connectivity index is 0.790. The molecule has 20 heteroatoms. The number of aromatic nitrogens is 4. The van der Waals surface area contributed by atoms with E-state index < -0.39 is 50.5 Å². The molecule has 5 atom stereocenters. The molecule has 57 heavy (non-hydrogen) atoms. The van der Waals surface area contributed by atoms with Crippen molar-refractivity contribution < 1.29 is 58.2 Å². The van der Waals surface area contributed by atoms with Gasteiger partial charge in [0.25, 0.3) is 5.91 Å². The molecule has 2 aromatic heterocycles. The van der Waals surface area contributed by atoms with Crippen LogP contribution in [-0.4, -0.2) is 94.7 Å². The number of benzene rings is 3. The predicted molar refractivity (Wildman–Crippen MR) is 198 cm³/mol. The summed E-state index contributed by atoms with van der Waals surface area (Å²) in [6, 6.07) is 13.7. The number of nitrogens with zero attached hydrogens (tertiary/aromatic N) is 4. The zero-order valence-electron chi connectivity index (χ0n) is 30.0. The van der Waals surface area contributed by atoms with Gasteiger partial charge in [-0.25, -0.2) is 29.4 Å². The first-order valence-corrected chi connectivity index (χ1v) is 19.6. The SMILES string of the molecule is Nc1ncnc2c1ncn2[C@@H]1O[C@H](COP(=O)(O)NCCCCCCNC(=O)c2ccc3c(c2)C(=O)OC32c3ccc(O)cc3Oc3cc(O)ccc32)[C@@H](O)[C@H]1O. The van der Waals surface area contributed by atoms with Gasteiger partial charge >= 0.3 is 13.7 Å². The molecular weight excluding hydrogens is 765 g/mol. The molecule has 19 nitrogen and oxygen atoms in total. The van der Waals surface area contributed by atoms with Crippen LogP contribution in [0.25, 0.3) is 11.2 Å². The lowest BCUT2D eigenvalue weighted by Crippen LogP contribution is -2.34. The third kappa shape index (κ3) is 7.03. The average molecular weight is 804 g/mol. The van der Waals surface area contributed by atoms with Crippen LogP contribution < -0.4 is 20.9 Å². The molecule has 5 heterocycles. The molecule has 0 radical (unpaired) electrons. The minimum atomic E-state index is -4.28. The maximum atomic E-state index is 13.4. The molecule has 0 bridgehead atoms. The number of nitrogens with one attached hydrogen (secondary N) is 2. The molecule has 1 spiro atoms. The van der Waals surface area contributed by atoms with Gasteiger partial charge in [0.2, 0.25) is 0 Å². The number of amides is 1. The zero-order chi connectivity index (χ0) is 40.1. The van der Waals surface area contributed by atoms with Crippen molar-refractivity contribution in [2.24, 2.45) is 0 Å². The van der Waals surface area contributed by atoms with Gasteiger partial charge in [-0.05, 0) is 49.2 Å². The molecule has 3 aliphatic rings. The lowest BCUT2D eigenvalue weighted by Gasteiger charge is -2.36. The van der Waals surface area contributed by atoms with E-state index in [4.69, 9.17) is 24.5 Å². The molecule has 1 fully saturated rings. The van der Waals surface area contributed by atoms with Crippen molar-refractivity contribution in [3.63, 3.8) is 0 Å². The number of hydrogen-bond donors (Lipinski definition) is 8. The molecule has 3 aromatic carbocycles. The number of fused-ring (bicyclic) bond motifs is 7. The van der Waals surface area contributed by atoms with E-state index in [0.29, 0.717) is 48.9 Å². The standard InChI is InChI=1S/C37H38N7O12P/c38-32-29-33(41-17-40-32)44(18-42-29)35-31(48)30(47)28(55-35)16-53-57(51,52)43-12-4-2-1-3-11-39-34(49)19-5-8-23-22(13-19)36(50)56-37(23)24-9-6-20(45)14-26(24)54-27-15-21(46)7-10-25(27)37/h5-10,13-15,17-18,28,30-31,35,45-48H,1-4,11-12,16H2,(H,39,49)(H2,38,40,41)(H2,43,51,52)/t28-,30-,31-,35-/m1/s1. The van der Waals surface area contributed by atoms with Crippen LogP contribution in [-0.2, 0) is 24.2 Å². The van der Waals surface area contributed by atoms with Crippen LogP contribution in [0, 0.1) is 0 Å². The number of aliphatic hydroxyl groups excluding tert-OH is 2. The number of phenolic OH excluding ortho intramolecular Hbond substituents is 2. The Morgan fingerprint density at radius 2 is 1.60 bits per heavy atom. The van der Waals surface area contributed by atoms with Crippen molar-refractivity contribution in [1.29, 1.82) is 0 Å². The van der Waals surface area contributed by atoms with E-state index in [1.807, 2.05) is 0 Å². The van der Waals surface area contributed by atoms with Crippen molar-refractivity contribution >= 4 is 36.6 Å². The van der Waals surface area contributed by atoms with Gasteiger partial charge in [0, 0.05) is 47.5 Å². The quantitative estimate of drug-likeness (QED) is 0.0482. The number of carbonyl (C=O) groups is 2. The molecule has 1 saturated heterocycles. The van der Waals surface area contributed by atoms with Crippen molar-refractivity contribution in [2.75, 3.05) is 25.4 Å². The highest BCUT2D eigenvalue weighted by Gasteiger charge is 2.54. The number of imidazole rings is 1. The second kappa shape index (κ2) is 15.0. The summed E-state index contributed by atoms with van der Waals surface area (Å²) < 4.78 is 36.9. The fourth-order valence-electron chi connectivity index (χ4n) is 7.35. The van der Waals surface area contributed by atoms with Gasteiger partial charge in [-0.1, -0.05) is 18.9 Å². The number of esters is 1. The van der Waals surface area contributed by atoms with Crippen LogP contribution >= 0.6 is 7.75 Å². The van der Waals surface area contributed by atoms with Gasteiger partial charge in [-0.2, -0.15) is 0 Å². The van der Waals surface area contributed by atoms with Crippen LogP contribution in [0.1, 0.15) is 69.3 Å². The van der Waals surface area contributed by atoms with Gasteiger partial charge in [-0.15, -0.1) is 0 Å². The minimum absolute atomic E-state index is 0.0582. The van der Waals surface area contributed by atoms with E-state index in [-0.39, 0.29) is 63.6 Å². The Bertz CT molecular complexity index is 2380. The summed E-state index contributed by atoms with van der Waals surface area (Å²) in [6.07, 6.45) is 0.000327. The minimum Gasteiger partial charge on any atom is -0.508 e. The number of phenols is 2. The largest absolute Gasteiger partial charge is 0.508 e. The Labute approximate surface area is 323 Å².